The summed E-state index contributed by atoms with van der Waals surface area (Å²) >= 11 is 0. The smallest absolute Gasteiger partial charge is 0.273 e. The molecule has 28 heavy (non-hydrogen) atoms. The second-order valence-electron chi connectivity index (χ2n) is 6.34. The Labute approximate surface area is 155 Å². The molecular formula is C18H14F5N5. The normalized spacial score (nSPS) is 12.1. The van der Waals surface area contributed by atoms with Crippen LogP contribution in [0, 0.1) is 17.5 Å². The number of hydrogen-bond donors (Lipinski definition) is 3. The number of fused-ring (bicyclic) bond motifs is 2. The van der Waals surface area contributed by atoms with Crippen molar-refractivity contribution in [3.05, 3.63) is 53.5 Å². The number of hydrogen-bond acceptors (Lipinski definition) is 3. The van der Waals surface area contributed by atoms with E-state index in [0.717, 1.165) is 24.3 Å². The molecular weight excluding hydrogens is 381 g/mol. The van der Waals surface area contributed by atoms with Gasteiger partial charge in [0, 0.05) is 37.7 Å². The summed E-state index contributed by atoms with van der Waals surface area (Å²) < 4.78 is 69.7. The first-order valence-corrected chi connectivity index (χ1v) is 8.20. The lowest BCUT2D eigenvalue weighted by Gasteiger charge is -2.12. The number of aromatic nitrogens is 3. The van der Waals surface area contributed by atoms with Gasteiger partial charge in [-0.2, -0.15) is 0 Å². The Balaban J connectivity index is 1.84. The van der Waals surface area contributed by atoms with Crippen LogP contribution in [0.5, 0.6) is 0 Å². The van der Waals surface area contributed by atoms with E-state index in [0.29, 0.717) is 23.5 Å². The number of benzene rings is 2. The van der Waals surface area contributed by atoms with Crippen LogP contribution < -0.4 is 10.7 Å². The molecule has 4 aromatic rings. The highest BCUT2D eigenvalue weighted by Gasteiger charge is 2.30. The molecule has 4 rings (SSSR count). The number of imidazole rings is 1. The molecule has 0 aliphatic carbocycles. The molecule has 3 N–H and O–H groups in total. The van der Waals surface area contributed by atoms with E-state index >= 15 is 0 Å². The lowest BCUT2D eigenvalue weighted by Crippen LogP contribution is -2.13. The van der Waals surface area contributed by atoms with Gasteiger partial charge in [0.15, 0.2) is 11.6 Å². The van der Waals surface area contributed by atoms with Crippen LogP contribution in [0.4, 0.5) is 33.6 Å². The molecule has 0 saturated heterocycles. The van der Waals surface area contributed by atoms with Crippen molar-refractivity contribution in [2.24, 2.45) is 0 Å². The molecule has 0 saturated carbocycles. The van der Waals surface area contributed by atoms with E-state index in [4.69, 9.17) is 0 Å². The van der Waals surface area contributed by atoms with Crippen LogP contribution in [0.15, 0.2) is 30.5 Å². The molecule has 0 amide bonds. The molecule has 2 aromatic carbocycles. The third kappa shape index (κ3) is 2.81. The van der Waals surface area contributed by atoms with E-state index in [2.05, 4.69) is 20.7 Å². The van der Waals surface area contributed by atoms with Gasteiger partial charge in [0.25, 0.3) is 5.92 Å². The first-order chi connectivity index (χ1) is 13.2. The molecule has 0 aliphatic rings. The predicted molar refractivity (Wildman–Crippen MR) is 96.0 cm³/mol. The van der Waals surface area contributed by atoms with Crippen LogP contribution in [-0.4, -0.2) is 21.7 Å². The minimum atomic E-state index is -3.37. The Kier molecular flexibility index (Phi) is 3.95. The van der Waals surface area contributed by atoms with Crippen molar-refractivity contribution in [1.82, 2.24) is 14.6 Å². The highest BCUT2D eigenvalue weighted by atomic mass is 19.3. The first-order valence-electron chi connectivity index (χ1n) is 8.20. The first kappa shape index (κ1) is 18.1. The summed E-state index contributed by atoms with van der Waals surface area (Å²) in [5.41, 5.74) is 3.10. The Hall–Kier alpha value is -3.30. The number of halogens is 5. The van der Waals surface area contributed by atoms with Crippen molar-refractivity contribution >= 4 is 33.6 Å². The average molecular weight is 395 g/mol. The topological polar surface area (TPSA) is 57.7 Å². The Morgan fingerprint density at radius 3 is 2.43 bits per heavy atom. The predicted octanol–water partition coefficient (Wildman–Crippen LogP) is 4.96. The van der Waals surface area contributed by atoms with E-state index in [-0.39, 0.29) is 17.0 Å². The number of anilines is 2. The number of nitrogens with zero attached hydrogens (tertiary/aromatic N) is 2. The molecule has 0 bridgehead atoms. The Morgan fingerprint density at radius 2 is 1.75 bits per heavy atom. The zero-order valence-electron chi connectivity index (χ0n) is 14.7. The molecule has 2 heterocycles. The fourth-order valence-corrected chi connectivity index (χ4v) is 3.09. The van der Waals surface area contributed by atoms with Crippen LogP contribution in [-0.2, 0) is 5.92 Å². The van der Waals surface area contributed by atoms with Gasteiger partial charge in [0.1, 0.15) is 5.82 Å². The van der Waals surface area contributed by atoms with E-state index in [1.165, 1.54) is 17.9 Å². The zero-order chi connectivity index (χ0) is 20.2. The van der Waals surface area contributed by atoms with Crippen molar-refractivity contribution in [1.29, 1.82) is 0 Å². The minimum absolute atomic E-state index is 0.131. The van der Waals surface area contributed by atoms with E-state index in [1.807, 2.05) is 0 Å². The minimum Gasteiger partial charge on any atom is -0.359 e. The van der Waals surface area contributed by atoms with Gasteiger partial charge in [-0.25, -0.2) is 31.6 Å². The van der Waals surface area contributed by atoms with Crippen molar-refractivity contribution in [3.8, 4) is 0 Å². The summed E-state index contributed by atoms with van der Waals surface area (Å²) in [4.78, 5) is 7.03. The van der Waals surface area contributed by atoms with Crippen molar-refractivity contribution in [2.75, 3.05) is 17.8 Å². The number of alkyl halides is 2. The van der Waals surface area contributed by atoms with E-state index in [1.54, 1.807) is 0 Å². The molecule has 0 aliphatic heterocycles. The SMILES string of the molecule is CNn1c(Nc2c[nH]c3cc(F)c(F)cc23)nc2cc(C(C)(F)F)c(F)cc21. The summed E-state index contributed by atoms with van der Waals surface area (Å²) in [6, 6.07) is 3.97. The summed E-state index contributed by atoms with van der Waals surface area (Å²) in [5.74, 6) is -6.29. The van der Waals surface area contributed by atoms with Gasteiger partial charge in [-0.05, 0) is 12.1 Å². The third-order valence-corrected chi connectivity index (χ3v) is 4.41. The molecule has 0 atom stereocenters. The van der Waals surface area contributed by atoms with Gasteiger partial charge in [-0.1, -0.05) is 0 Å². The fourth-order valence-electron chi connectivity index (χ4n) is 3.09. The van der Waals surface area contributed by atoms with Crippen LogP contribution in [0.3, 0.4) is 0 Å². The maximum atomic E-state index is 14.2. The average Bonchev–Trinajstić information content (AvgIpc) is 3.14. The van der Waals surface area contributed by atoms with Gasteiger partial charge in [-0.15, -0.1) is 0 Å². The summed E-state index contributed by atoms with van der Waals surface area (Å²) in [5, 5.41) is 3.28. The number of H-pyrrole nitrogens is 1. The lowest BCUT2D eigenvalue weighted by atomic mass is 10.1. The highest BCUT2D eigenvalue weighted by Crippen LogP contribution is 2.34. The largest absolute Gasteiger partial charge is 0.359 e. The summed E-state index contributed by atoms with van der Waals surface area (Å²) in [6.45, 7) is 0.602. The van der Waals surface area contributed by atoms with Gasteiger partial charge < -0.3 is 15.7 Å². The summed E-state index contributed by atoms with van der Waals surface area (Å²) in [7, 11) is 1.54. The number of rotatable bonds is 4. The Bertz CT molecular complexity index is 1200. The molecule has 0 fully saturated rings. The maximum Gasteiger partial charge on any atom is 0.273 e. The van der Waals surface area contributed by atoms with E-state index in [9.17, 15) is 22.0 Å². The molecule has 5 nitrogen and oxygen atoms in total. The maximum absolute atomic E-state index is 14.2. The van der Waals surface area contributed by atoms with Crippen LogP contribution >= 0.6 is 0 Å². The van der Waals surface area contributed by atoms with Gasteiger partial charge >= 0.3 is 0 Å². The van der Waals surface area contributed by atoms with Crippen LogP contribution in [0.2, 0.25) is 0 Å². The summed E-state index contributed by atoms with van der Waals surface area (Å²) in [6.07, 6.45) is 1.48. The zero-order valence-corrected chi connectivity index (χ0v) is 14.7. The standard InChI is InChI=1S/C18H14F5N5/c1-18(22,23)9-4-14-16(6-10(9)19)28(24-2)17(26-14)27-15-7-25-13-5-12(21)11(20)3-8(13)15/h3-7,24-25H,1-2H3,(H,26,27). The molecule has 0 unspecified atom stereocenters. The van der Waals surface area contributed by atoms with Gasteiger partial charge in [0.05, 0.1) is 27.8 Å². The third-order valence-electron chi connectivity index (χ3n) is 4.41. The molecule has 2 aromatic heterocycles. The van der Waals surface area contributed by atoms with Gasteiger partial charge in [-0.3, -0.25) is 0 Å². The lowest BCUT2D eigenvalue weighted by molar-refractivity contribution is 0.0139. The molecule has 0 radical (unpaired) electrons. The monoisotopic (exact) mass is 395 g/mol. The highest BCUT2D eigenvalue weighted by molar-refractivity contribution is 5.94. The quantitative estimate of drug-likeness (QED) is 0.428. The molecule has 0 spiro atoms. The molecule has 146 valence electrons. The van der Waals surface area contributed by atoms with Crippen LogP contribution in [0.25, 0.3) is 21.9 Å². The van der Waals surface area contributed by atoms with Crippen LogP contribution in [0.1, 0.15) is 12.5 Å². The second-order valence-corrected chi connectivity index (χ2v) is 6.34. The fraction of sp³-hybridized carbons (Fsp3) is 0.167. The second kappa shape index (κ2) is 6.11. The van der Waals surface area contributed by atoms with E-state index < -0.39 is 28.9 Å². The van der Waals surface area contributed by atoms with Gasteiger partial charge in [0.2, 0.25) is 5.95 Å². The molecule has 10 heteroatoms. The number of aromatic amines is 1. The van der Waals surface area contributed by atoms with Crippen molar-refractivity contribution in [3.63, 3.8) is 0 Å². The Morgan fingerprint density at radius 1 is 1.04 bits per heavy atom. The van der Waals surface area contributed by atoms with Crippen molar-refractivity contribution < 1.29 is 22.0 Å². The van der Waals surface area contributed by atoms with Crippen molar-refractivity contribution in [2.45, 2.75) is 12.8 Å². The number of nitrogens with one attached hydrogen (secondary N) is 3.